The number of aliphatic hydroxyl groups excluding tert-OH is 1. The van der Waals surface area contributed by atoms with Crippen LogP contribution in [0.15, 0.2) is 12.3 Å². The van der Waals surface area contributed by atoms with Gasteiger partial charge in [-0.05, 0) is 27.0 Å². The number of likely N-dealkylation sites (N-methyl/N-ethyl adjacent to an activating group) is 1. The summed E-state index contributed by atoms with van der Waals surface area (Å²) in [6.07, 6.45) is 1.21. The van der Waals surface area contributed by atoms with Gasteiger partial charge in [-0.3, -0.25) is 4.90 Å². The SMILES string of the molecule is CN1CCN(c2ncc(F)cc2CO)CC1(C)C. The van der Waals surface area contributed by atoms with E-state index in [-0.39, 0.29) is 12.1 Å². The van der Waals surface area contributed by atoms with Gasteiger partial charge in [0, 0.05) is 30.7 Å². The molecule has 1 aromatic heterocycles. The number of aromatic nitrogens is 1. The third kappa shape index (κ3) is 2.47. The molecule has 100 valence electrons. The highest BCUT2D eigenvalue weighted by molar-refractivity contribution is 5.47. The molecule has 0 atom stereocenters. The summed E-state index contributed by atoms with van der Waals surface area (Å²) >= 11 is 0. The van der Waals surface area contributed by atoms with Crippen LogP contribution in [0.2, 0.25) is 0 Å². The molecule has 1 N–H and O–H groups in total. The molecule has 2 heterocycles. The molecule has 0 aromatic carbocycles. The van der Waals surface area contributed by atoms with Crippen LogP contribution in [0.3, 0.4) is 0 Å². The van der Waals surface area contributed by atoms with Gasteiger partial charge in [0.05, 0.1) is 12.8 Å². The van der Waals surface area contributed by atoms with E-state index in [2.05, 4.69) is 35.7 Å². The van der Waals surface area contributed by atoms with Crippen molar-refractivity contribution in [1.82, 2.24) is 9.88 Å². The zero-order valence-corrected chi connectivity index (χ0v) is 11.1. The number of piperazine rings is 1. The summed E-state index contributed by atoms with van der Waals surface area (Å²) in [5.41, 5.74) is 0.594. The van der Waals surface area contributed by atoms with Crippen LogP contribution in [0.4, 0.5) is 10.2 Å². The van der Waals surface area contributed by atoms with Crippen LogP contribution >= 0.6 is 0 Å². The monoisotopic (exact) mass is 253 g/mol. The third-order valence-corrected chi connectivity index (χ3v) is 3.70. The molecule has 1 aromatic rings. The van der Waals surface area contributed by atoms with E-state index >= 15 is 0 Å². The van der Waals surface area contributed by atoms with Crippen molar-refractivity contribution in [3.63, 3.8) is 0 Å². The molecule has 0 unspecified atom stereocenters. The van der Waals surface area contributed by atoms with Gasteiger partial charge in [0.1, 0.15) is 11.6 Å². The third-order valence-electron chi connectivity index (χ3n) is 3.70. The lowest BCUT2D eigenvalue weighted by Gasteiger charge is -2.46. The highest BCUT2D eigenvalue weighted by Gasteiger charge is 2.32. The lowest BCUT2D eigenvalue weighted by molar-refractivity contribution is 0.138. The largest absolute Gasteiger partial charge is 0.392 e. The first-order valence-corrected chi connectivity index (χ1v) is 6.15. The lowest BCUT2D eigenvalue weighted by atomic mass is 9.99. The lowest BCUT2D eigenvalue weighted by Crippen LogP contribution is -2.58. The Morgan fingerprint density at radius 1 is 1.44 bits per heavy atom. The number of aliphatic hydroxyl groups is 1. The number of rotatable bonds is 2. The second-order valence-corrected chi connectivity index (χ2v) is 5.45. The molecule has 0 amide bonds. The van der Waals surface area contributed by atoms with Crippen molar-refractivity contribution < 1.29 is 9.50 Å². The minimum atomic E-state index is -0.406. The van der Waals surface area contributed by atoms with E-state index in [0.717, 1.165) is 19.6 Å². The van der Waals surface area contributed by atoms with Crippen LogP contribution in [0.1, 0.15) is 19.4 Å². The Bertz CT molecular complexity index is 436. The van der Waals surface area contributed by atoms with Crippen LogP contribution in [-0.2, 0) is 6.61 Å². The Hall–Kier alpha value is -1.20. The standard InChI is InChI=1S/C13H20FN3O/c1-13(2)9-17(5-4-16(13)3)12-10(8-18)6-11(14)7-15-12/h6-7,18H,4-5,8-9H2,1-3H3. The van der Waals surface area contributed by atoms with Gasteiger partial charge in [-0.25, -0.2) is 9.37 Å². The van der Waals surface area contributed by atoms with Crippen LogP contribution in [0, 0.1) is 5.82 Å². The normalized spacial score (nSPS) is 20.2. The fraction of sp³-hybridized carbons (Fsp3) is 0.615. The van der Waals surface area contributed by atoms with Crippen molar-refractivity contribution in [2.45, 2.75) is 26.0 Å². The van der Waals surface area contributed by atoms with Crippen molar-refractivity contribution >= 4 is 5.82 Å². The maximum absolute atomic E-state index is 13.1. The van der Waals surface area contributed by atoms with E-state index in [1.54, 1.807) is 0 Å². The zero-order valence-electron chi connectivity index (χ0n) is 11.1. The number of halogens is 1. The first kappa shape index (κ1) is 13.2. The van der Waals surface area contributed by atoms with Gasteiger partial charge in [-0.2, -0.15) is 0 Å². The molecule has 5 heteroatoms. The van der Waals surface area contributed by atoms with Crippen molar-refractivity contribution in [2.75, 3.05) is 31.6 Å². The summed E-state index contributed by atoms with van der Waals surface area (Å²) in [6.45, 7) is 6.73. The average Bonchev–Trinajstić information content (AvgIpc) is 2.32. The molecule has 0 saturated carbocycles. The molecular weight excluding hydrogens is 233 g/mol. The second-order valence-electron chi connectivity index (χ2n) is 5.45. The minimum Gasteiger partial charge on any atom is -0.392 e. The quantitative estimate of drug-likeness (QED) is 0.861. The summed E-state index contributed by atoms with van der Waals surface area (Å²) < 4.78 is 13.1. The van der Waals surface area contributed by atoms with Gasteiger partial charge in [-0.15, -0.1) is 0 Å². The molecule has 0 spiro atoms. The minimum absolute atomic E-state index is 0.0427. The maximum atomic E-state index is 13.1. The van der Waals surface area contributed by atoms with Gasteiger partial charge in [0.25, 0.3) is 0 Å². The Balaban J connectivity index is 2.27. The second kappa shape index (κ2) is 4.82. The molecule has 1 aliphatic rings. The number of nitrogens with zero attached hydrogens (tertiary/aromatic N) is 3. The Kier molecular flexibility index (Phi) is 3.54. The molecule has 0 radical (unpaired) electrons. The molecule has 0 aliphatic carbocycles. The first-order chi connectivity index (χ1) is 8.44. The fourth-order valence-corrected chi connectivity index (χ4v) is 2.30. The molecule has 4 nitrogen and oxygen atoms in total. The Morgan fingerprint density at radius 3 is 2.78 bits per heavy atom. The number of anilines is 1. The van der Waals surface area contributed by atoms with E-state index in [1.807, 2.05) is 0 Å². The van der Waals surface area contributed by atoms with Gasteiger partial charge in [0.2, 0.25) is 0 Å². The molecule has 1 saturated heterocycles. The van der Waals surface area contributed by atoms with Gasteiger partial charge < -0.3 is 10.0 Å². The Labute approximate surface area is 107 Å². The molecule has 1 aliphatic heterocycles. The van der Waals surface area contributed by atoms with Crippen LogP contribution in [-0.4, -0.2) is 47.2 Å². The summed E-state index contributed by atoms with van der Waals surface area (Å²) in [6, 6.07) is 1.35. The predicted molar refractivity (Wildman–Crippen MR) is 69.0 cm³/mol. The van der Waals surface area contributed by atoms with E-state index in [9.17, 15) is 9.50 Å². The molecular formula is C13H20FN3O. The summed E-state index contributed by atoms with van der Waals surface area (Å²) in [5, 5.41) is 9.31. The summed E-state index contributed by atoms with van der Waals surface area (Å²) in [5.74, 6) is 0.288. The van der Waals surface area contributed by atoms with E-state index in [1.165, 1.54) is 12.3 Å². The van der Waals surface area contributed by atoms with Crippen molar-refractivity contribution in [3.8, 4) is 0 Å². The van der Waals surface area contributed by atoms with Crippen molar-refractivity contribution in [2.24, 2.45) is 0 Å². The first-order valence-electron chi connectivity index (χ1n) is 6.15. The van der Waals surface area contributed by atoms with Crippen LogP contribution in [0.5, 0.6) is 0 Å². The highest BCUT2D eigenvalue weighted by atomic mass is 19.1. The average molecular weight is 253 g/mol. The Morgan fingerprint density at radius 2 is 2.17 bits per heavy atom. The van der Waals surface area contributed by atoms with Gasteiger partial charge >= 0.3 is 0 Å². The van der Waals surface area contributed by atoms with Crippen molar-refractivity contribution in [3.05, 3.63) is 23.6 Å². The fourth-order valence-electron chi connectivity index (χ4n) is 2.30. The maximum Gasteiger partial charge on any atom is 0.142 e. The van der Waals surface area contributed by atoms with E-state index in [0.29, 0.717) is 11.4 Å². The summed E-state index contributed by atoms with van der Waals surface area (Å²) in [4.78, 5) is 8.55. The summed E-state index contributed by atoms with van der Waals surface area (Å²) in [7, 11) is 2.10. The molecule has 1 fully saturated rings. The number of hydrogen-bond acceptors (Lipinski definition) is 4. The van der Waals surface area contributed by atoms with Crippen molar-refractivity contribution in [1.29, 1.82) is 0 Å². The number of pyridine rings is 1. The van der Waals surface area contributed by atoms with Gasteiger partial charge in [0.15, 0.2) is 0 Å². The smallest absolute Gasteiger partial charge is 0.142 e. The topological polar surface area (TPSA) is 39.6 Å². The molecule has 18 heavy (non-hydrogen) atoms. The zero-order chi connectivity index (χ0) is 13.3. The molecule has 0 bridgehead atoms. The number of hydrogen-bond donors (Lipinski definition) is 1. The van der Waals surface area contributed by atoms with E-state index in [4.69, 9.17) is 0 Å². The van der Waals surface area contributed by atoms with Crippen LogP contribution < -0.4 is 4.90 Å². The molecule has 2 rings (SSSR count). The van der Waals surface area contributed by atoms with E-state index < -0.39 is 5.82 Å². The van der Waals surface area contributed by atoms with Gasteiger partial charge in [-0.1, -0.05) is 0 Å². The van der Waals surface area contributed by atoms with Crippen LogP contribution in [0.25, 0.3) is 0 Å². The highest BCUT2D eigenvalue weighted by Crippen LogP contribution is 2.25. The predicted octanol–water partition coefficient (Wildman–Crippen LogP) is 1.24.